The maximum atomic E-state index is 2.35. The summed E-state index contributed by atoms with van der Waals surface area (Å²) in [5.74, 6) is 0. The highest BCUT2D eigenvalue weighted by Crippen LogP contribution is 2.40. The molecule has 0 bridgehead atoms. The van der Waals surface area contributed by atoms with Crippen LogP contribution in [0.5, 0.6) is 0 Å². The molecule has 2 nitrogen and oxygen atoms in total. The quantitative estimate of drug-likeness (QED) is 0.187. The molecule has 0 aliphatic rings. The molecule has 0 heterocycles. The Hall–Kier alpha value is -5.08. The Morgan fingerprint density at radius 3 is 0.739 bits per heavy atom. The molecule has 0 radical (unpaired) electrons. The van der Waals surface area contributed by atoms with Gasteiger partial charge in [-0.05, 0) is 126 Å². The lowest BCUT2D eigenvalue weighted by molar-refractivity contribution is 1.21. The first kappa shape index (κ1) is 32.3. The number of aryl methyl sites for hydroxylation is 8. The summed E-state index contributed by atoms with van der Waals surface area (Å²) in [6.07, 6.45) is 0. The Balaban J connectivity index is 0.000000181. The van der Waals surface area contributed by atoms with Crippen molar-refractivity contribution in [2.45, 2.75) is 55.4 Å². The number of benzene rings is 6. The average molecular weight is 603 g/mol. The second kappa shape index (κ2) is 14.3. The van der Waals surface area contributed by atoms with E-state index in [4.69, 9.17) is 0 Å². The van der Waals surface area contributed by atoms with Crippen molar-refractivity contribution in [1.82, 2.24) is 0 Å². The van der Waals surface area contributed by atoms with Crippen molar-refractivity contribution in [2.75, 3.05) is 9.80 Å². The van der Waals surface area contributed by atoms with Crippen LogP contribution in [0.3, 0.4) is 0 Å². The topological polar surface area (TPSA) is 6.48 Å². The lowest BCUT2D eigenvalue weighted by Crippen LogP contribution is -2.12. The molecule has 6 rings (SSSR count). The fourth-order valence-electron chi connectivity index (χ4n) is 6.20. The monoisotopic (exact) mass is 602 g/mol. The van der Waals surface area contributed by atoms with Crippen molar-refractivity contribution in [1.29, 1.82) is 0 Å². The molecule has 0 spiro atoms. The zero-order chi connectivity index (χ0) is 32.8. The van der Waals surface area contributed by atoms with E-state index in [1.807, 2.05) is 0 Å². The van der Waals surface area contributed by atoms with E-state index in [0.29, 0.717) is 0 Å². The van der Waals surface area contributed by atoms with Gasteiger partial charge in [0.25, 0.3) is 0 Å². The second-order valence-electron chi connectivity index (χ2n) is 12.5. The van der Waals surface area contributed by atoms with Crippen LogP contribution >= 0.6 is 0 Å². The van der Waals surface area contributed by atoms with E-state index in [1.165, 1.54) is 78.6 Å². The van der Waals surface area contributed by atoms with Gasteiger partial charge in [-0.25, -0.2) is 0 Å². The van der Waals surface area contributed by atoms with Gasteiger partial charge < -0.3 is 9.80 Å². The van der Waals surface area contributed by atoms with Crippen LogP contribution in [-0.4, -0.2) is 0 Å². The average Bonchev–Trinajstić information content (AvgIpc) is 3.03. The molecule has 0 aromatic heterocycles. The summed E-state index contributed by atoms with van der Waals surface area (Å²) in [7, 11) is 0. The summed E-state index contributed by atoms with van der Waals surface area (Å²) in [5.41, 5.74) is 17.6. The van der Waals surface area contributed by atoms with Crippen molar-refractivity contribution >= 4 is 34.1 Å². The van der Waals surface area contributed by atoms with E-state index in [9.17, 15) is 0 Å². The predicted molar refractivity (Wildman–Crippen MR) is 200 cm³/mol. The van der Waals surface area contributed by atoms with Crippen LogP contribution in [0.4, 0.5) is 34.1 Å². The number of rotatable bonds is 6. The number of hydrogen-bond donors (Lipinski definition) is 0. The first-order valence-corrected chi connectivity index (χ1v) is 16.1. The summed E-state index contributed by atoms with van der Waals surface area (Å²) >= 11 is 0. The molecular formula is C44H46N2. The molecule has 2 heteroatoms. The highest BCUT2D eigenvalue weighted by molar-refractivity contribution is 5.81. The summed E-state index contributed by atoms with van der Waals surface area (Å²) in [6, 6.07) is 47.7. The third-order valence-corrected chi connectivity index (χ3v) is 8.40. The Kier molecular flexibility index (Phi) is 10.1. The minimum Gasteiger partial charge on any atom is -0.310 e. The van der Waals surface area contributed by atoms with Gasteiger partial charge in [0.1, 0.15) is 0 Å². The normalized spacial score (nSPS) is 10.6. The van der Waals surface area contributed by atoms with Crippen molar-refractivity contribution in [2.24, 2.45) is 0 Å². The van der Waals surface area contributed by atoms with Crippen LogP contribution < -0.4 is 9.80 Å². The maximum absolute atomic E-state index is 2.35. The molecule has 0 aliphatic heterocycles. The van der Waals surface area contributed by atoms with Crippen LogP contribution in [-0.2, 0) is 0 Å². The van der Waals surface area contributed by atoms with Gasteiger partial charge in [0.05, 0.1) is 0 Å². The molecule has 232 valence electrons. The molecular weight excluding hydrogens is 556 g/mol. The Labute approximate surface area is 276 Å². The SMILES string of the molecule is Cc1ccc(N(c2ccccc2)c2ccc(C)cc2C)c(C)c1.Cc1ccc(N(c2ccccc2)c2ccc(C)cc2C)c(C)c1. The number of anilines is 6. The van der Waals surface area contributed by atoms with Crippen LogP contribution in [0.15, 0.2) is 133 Å². The molecule has 0 amide bonds. The standard InChI is InChI=1S/2C22H23N/c2*1-16-10-12-21(18(3)14-16)23(20-8-6-5-7-9-20)22-13-11-17(2)15-19(22)4/h2*5-15H,1-4H3. The molecule has 0 atom stereocenters. The Morgan fingerprint density at radius 2 is 0.522 bits per heavy atom. The summed E-state index contributed by atoms with van der Waals surface area (Å²) in [5, 5.41) is 0. The fourth-order valence-corrected chi connectivity index (χ4v) is 6.20. The number of para-hydroxylation sites is 2. The van der Waals surface area contributed by atoms with E-state index in [1.54, 1.807) is 0 Å². The minimum absolute atomic E-state index is 1.19. The Bertz CT molecular complexity index is 1680. The minimum atomic E-state index is 1.19. The van der Waals surface area contributed by atoms with Gasteiger partial charge in [0.15, 0.2) is 0 Å². The molecule has 0 saturated carbocycles. The van der Waals surface area contributed by atoms with E-state index < -0.39 is 0 Å². The summed E-state index contributed by atoms with van der Waals surface area (Å²) in [4.78, 5) is 4.70. The molecule has 6 aromatic rings. The van der Waals surface area contributed by atoms with Crippen molar-refractivity contribution in [3.05, 3.63) is 178 Å². The maximum Gasteiger partial charge on any atom is 0.0491 e. The molecule has 0 N–H and O–H groups in total. The lowest BCUT2D eigenvalue weighted by atomic mass is 10.0. The molecule has 0 saturated heterocycles. The van der Waals surface area contributed by atoms with Crippen LogP contribution in [0.2, 0.25) is 0 Å². The second-order valence-corrected chi connectivity index (χ2v) is 12.5. The van der Waals surface area contributed by atoms with Gasteiger partial charge in [-0.15, -0.1) is 0 Å². The molecule has 0 aliphatic carbocycles. The highest BCUT2D eigenvalue weighted by atomic mass is 15.2. The van der Waals surface area contributed by atoms with E-state index >= 15 is 0 Å². The molecule has 0 fully saturated rings. The van der Waals surface area contributed by atoms with Crippen molar-refractivity contribution in [3.63, 3.8) is 0 Å². The Morgan fingerprint density at radius 1 is 0.283 bits per heavy atom. The fraction of sp³-hybridized carbons (Fsp3) is 0.182. The third kappa shape index (κ3) is 7.41. The van der Waals surface area contributed by atoms with Gasteiger partial charge in [-0.2, -0.15) is 0 Å². The van der Waals surface area contributed by atoms with E-state index in [2.05, 4.69) is 199 Å². The van der Waals surface area contributed by atoms with Gasteiger partial charge >= 0.3 is 0 Å². The zero-order valence-corrected chi connectivity index (χ0v) is 28.6. The van der Waals surface area contributed by atoms with Crippen LogP contribution in [0.1, 0.15) is 44.5 Å². The van der Waals surface area contributed by atoms with E-state index in [-0.39, 0.29) is 0 Å². The van der Waals surface area contributed by atoms with Gasteiger partial charge in [0.2, 0.25) is 0 Å². The third-order valence-electron chi connectivity index (χ3n) is 8.40. The predicted octanol–water partition coefficient (Wildman–Crippen LogP) is 12.8. The molecule has 6 aromatic carbocycles. The summed E-state index contributed by atoms with van der Waals surface area (Å²) < 4.78 is 0. The van der Waals surface area contributed by atoms with Crippen LogP contribution in [0, 0.1) is 55.4 Å². The molecule has 0 unspecified atom stereocenters. The number of nitrogens with zero attached hydrogens (tertiary/aromatic N) is 2. The highest BCUT2D eigenvalue weighted by Gasteiger charge is 2.17. The first-order valence-electron chi connectivity index (χ1n) is 16.1. The smallest absolute Gasteiger partial charge is 0.0491 e. The van der Waals surface area contributed by atoms with Gasteiger partial charge in [-0.1, -0.05) is 107 Å². The van der Waals surface area contributed by atoms with Crippen LogP contribution in [0.25, 0.3) is 0 Å². The molecule has 46 heavy (non-hydrogen) atoms. The first-order chi connectivity index (χ1) is 22.1. The summed E-state index contributed by atoms with van der Waals surface area (Å²) in [6.45, 7) is 17.3. The number of hydrogen-bond acceptors (Lipinski definition) is 2. The van der Waals surface area contributed by atoms with Crippen molar-refractivity contribution in [3.8, 4) is 0 Å². The van der Waals surface area contributed by atoms with Gasteiger partial charge in [0, 0.05) is 34.1 Å². The zero-order valence-electron chi connectivity index (χ0n) is 28.6. The largest absolute Gasteiger partial charge is 0.310 e. The van der Waals surface area contributed by atoms with Gasteiger partial charge in [-0.3, -0.25) is 0 Å². The lowest BCUT2D eigenvalue weighted by Gasteiger charge is -2.28. The van der Waals surface area contributed by atoms with E-state index in [0.717, 1.165) is 0 Å². The van der Waals surface area contributed by atoms with Crippen molar-refractivity contribution < 1.29 is 0 Å².